The Labute approximate surface area is 102 Å². The first-order chi connectivity index (χ1) is 8.66. The van der Waals surface area contributed by atoms with Crippen molar-refractivity contribution in [3.8, 4) is 11.1 Å². The molecule has 0 aliphatic carbocycles. The van der Waals surface area contributed by atoms with E-state index in [1.54, 1.807) is 7.05 Å². The Hall–Kier alpha value is -2.56. The minimum Gasteiger partial charge on any atom is -0.307 e. The molecule has 90 valence electrons. The summed E-state index contributed by atoms with van der Waals surface area (Å²) < 4.78 is 1.52. The Kier molecular flexibility index (Phi) is 2.19. The van der Waals surface area contributed by atoms with Gasteiger partial charge < -0.3 is 4.98 Å². The van der Waals surface area contributed by atoms with Crippen LogP contribution >= 0.6 is 0 Å². The topological polar surface area (TPSA) is 70.7 Å². The van der Waals surface area contributed by atoms with Crippen molar-refractivity contribution in [1.29, 1.82) is 0 Å². The van der Waals surface area contributed by atoms with Gasteiger partial charge in [-0.1, -0.05) is 30.3 Å². The second-order valence-electron chi connectivity index (χ2n) is 4.14. The summed E-state index contributed by atoms with van der Waals surface area (Å²) in [6.45, 7) is 0. The van der Waals surface area contributed by atoms with Crippen molar-refractivity contribution in [3.63, 3.8) is 0 Å². The molecule has 2 heterocycles. The van der Waals surface area contributed by atoms with Gasteiger partial charge in [0.15, 0.2) is 0 Å². The number of aromatic nitrogens is 3. The van der Waals surface area contributed by atoms with Crippen LogP contribution in [0.2, 0.25) is 0 Å². The van der Waals surface area contributed by atoms with Gasteiger partial charge in [0.05, 0.1) is 5.39 Å². The highest BCUT2D eigenvalue weighted by Gasteiger charge is 2.12. The molecule has 0 bridgehead atoms. The van der Waals surface area contributed by atoms with E-state index in [9.17, 15) is 9.59 Å². The summed E-state index contributed by atoms with van der Waals surface area (Å²) in [5, 5.41) is 3.15. The molecule has 2 aromatic heterocycles. The zero-order valence-corrected chi connectivity index (χ0v) is 9.73. The number of H-pyrrole nitrogens is 2. The molecule has 0 spiro atoms. The molecular formula is C13H11N3O2. The van der Waals surface area contributed by atoms with Gasteiger partial charge >= 0.3 is 0 Å². The Bertz CT molecular complexity index is 825. The van der Waals surface area contributed by atoms with E-state index in [0.29, 0.717) is 16.6 Å². The number of benzene rings is 1. The van der Waals surface area contributed by atoms with Crippen molar-refractivity contribution in [2.75, 3.05) is 0 Å². The van der Waals surface area contributed by atoms with Crippen LogP contribution in [0.15, 0.2) is 46.0 Å². The lowest BCUT2D eigenvalue weighted by atomic mass is 10.0. The van der Waals surface area contributed by atoms with Crippen molar-refractivity contribution in [3.05, 3.63) is 57.1 Å². The fourth-order valence-electron chi connectivity index (χ4n) is 2.14. The van der Waals surface area contributed by atoms with Crippen LogP contribution < -0.4 is 11.1 Å². The van der Waals surface area contributed by atoms with Crippen LogP contribution in [0.1, 0.15) is 0 Å². The number of aromatic amines is 2. The highest BCUT2D eigenvalue weighted by Crippen LogP contribution is 2.22. The van der Waals surface area contributed by atoms with Crippen molar-refractivity contribution < 1.29 is 0 Å². The summed E-state index contributed by atoms with van der Waals surface area (Å²) >= 11 is 0. The molecule has 2 N–H and O–H groups in total. The third-order valence-corrected chi connectivity index (χ3v) is 2.94. The third-order valence-electron chi connectivity index (χ3n) is 2.94. The van der Waals surface area contributed by atoms with E-state index in [1.165, 1.54) is 10.7 Å². The highest BCUT2D eigenvalue weighted by atomic mass is 16.1. The molecule has 0 unspecified atom stereocenters. The molecule has 0 fully saturated rings. The van der Waals surface area contributed by atoms with Crippen LogP contribution in [0.3, 0.4) is 0 Å². The molecule has 18 heavy (non-hydrogen) atoms. The zero-order chi connectivity index (χ0) is 12.7. The van der Waals surface area contributed by atoms with E-state index in [-0.39, 0.29) is 11.1 Å². The number of hydrogen-bond donors (Lipinski definition) is 2. The lowest BCUT2D eigenvalue weighted by molar-refractivity contribution is 0.772. The minimum atomic E-state index is -0.226. The lowest BCUT2D eigenvalue weighted by Crippen LogP contribution is -2.07. The van der Waals surface area contributed by atoms with Gasteiger partial charge in [-0.2, -0.15) is 0 Å². The first-order valence-corrected chi connectivity index (χ1v) is 5.54. The monoisotopic (exact) mass is 241 g/mol. The second-order valence-corrected chi connectivity index (χ2v) is 4.14. The van der Waals surface area contributed by atoms with Crippen molar-refractivity contribution >= 4 is 11.0 Å². The number of nitrogens with one attached hydrogen (secondary N) is 2. The summed E-state index contributed by atoms with van der Waals surface area (Å²) in [7, 11) is 1.69. The zero-order valence-electron chi connectivity index (χ0n) is 9.73. The number of aryl methyl sites for hydroxylation is 1. The Morgan fingerprint density at radius 1 is 1.11 bits per heavy atom. The van der Waals surface area contributed by atoms with E-state index in [2.05, 4.69) is 10.1 Å². The molecule has 0 amide bonds. The van der Waals surface area contributed by atoms with Crippen LogP contribution in [0.5, 0.6) is 0 Å². The maximum atomic E-state index is 11.9. The molecule has 5 nitrogen and oxygen atoms in total. The molecule has 0 aliphatic rings. The van der Waals surface area contributed by atoms with Gasteiger partial charge in [0.2, 0.25) is 5.56 Å². The van der Waals surface area contributed by atoms with Crippen molar-refractivity contribution in [2.24, 2.45) is 7.05 Å². The highest BCUT2D eigenvalue weighted by molar-refractivity contribution is 5.92. The van der Waals surface area contributed by atoms with Gasteiger partial charge in [-0.25, -0.2) is 0 Å². The average molecular weight is 241 g/mol. The number of hydrogen-bond acceptors (Lipinski definition) is 2. The number of fused-ring (bicyclic) bond motifs is 1. The van der Waals surface area contributed by atoms with Crippen molar-refractivity contribution in [2.45, 2.75) is 0 Å². The van der Waals surface area contributed by atoms with Crippen LogP contribution in [-0.2, 0) is 7.05 Å². The van der Waals surface area contributed by atoms with Gasteiger partial charge in [-0.3, -0.25) is 19.4 Å². The fraction of sp³-hybridized carbons (Fsp3) is 0.0769. The summed E-state index contributed by atoms with van der Waals surface area (Å²) in [6, 6.07) is 10.8. The molecule has 0 saturated heterocycles. The summed E-state index contributed by atoms with van der Waals surface area (Å²) in [5.74, 6) is 0. The average Bonchev–Trinajstić information content (AvgIpc) is 2.65. The van der Waals surface area contributed by atoms with Gasteiger partial charge in [0.1, 0.15) is 5.65 Å². The van der Waals surface area contributed by atoms with E-state index in [4.69, 9.17) is 0 Å². The third kappa shape index (κ3) is 1.48. The molecule has 3 aromatic rings. The molecule has 0 atom stereocenters. The lowest BCUT2D eigenvalue weighted by Gasteiger charge is -2.02. The van der Waals surface area contributed by atoms with E-state index in [1.807, 2.05) is 30.3 Å². The SMILES string of the molecule is Cn1[nH]c(=O)c2c(-c3ccccc3)cc(=O)[nH]c21. The molecule has 0 aliphatic heterocycles. The van der Waals surface area contributed by atoms with Gasteiger partial charge in [-0.05, 0) is 5.56 Å². The van der Waals surface area contributed by atoms with Crippen LogP contribution in [-0.4, -0.2) is 14.8 Å². The number of rotatable bonds is 1. The summed E-state index contributed by atoms with van der Waals surface area (Å²) in [4.78, 5) is 26.2. The molecule has 5 heteroatoms. The second kappa shape index (κ2) is 3.73. The van der Waals surface area contributed by atoms with Crippen LogP contribution in [0.25, 0.3) is 22.2 Å². The van der Waals surface area contributed by atoms with Crippen LogP contribution in [0, 0.1) is 0 Å². The summed E-state index contributed by atoms with van der Waals surface area (Å²) in [6.07, 6.45) is 0. The first kappa shape index (κ1) is 10.6. The molecule has 1 aromatic carbocycles. The molecule has 0 radical (unpaired) electrons. The first-order valence-electron chi connectivity index (χ1n) is 5.54. The largest absolute Gasteiger partial charge is 0.307 e. The molecule has 3 rings (SSSR count). The van der Waals surface area contributed by atoms with Gasteiger partial charge in [0, 0.05) is 18.7 Å². The smallest absolute Gasteiger partial charge is 0.274 e. The standard InChI is InChI=1S/C13H11N3O2/c1-16-12-11(13(18)15-16)9(7-10(17)14-12)8-5-3-2-4-6-8/h2-7H,1H3,(H,14,17)(H,15,18). The minimum absolute atomic E-state index is 0.206. The van der Waals surface area contributed by atoms with E-state index in [0.717, 1.165) is 5.56 Å². The Balaban J connectivity index is 2.50. The quantitative estimate of drug-likeness (QED) is 0.672. The van der Waals surface area contributed by atoms with Crippen molar-refractivity contribution in [1.82, 2.24) is 14.8 Å². The summed E-state index contributed by atoms with van der Waals surface area (Å²) in [5.41, 5.74) is 1.58. The van der Waals surface area contributed by atoms with E-state index < -0.39 is 0 Å². The maximum absolute atomic E-state index is 11.9. The Morgan fingerprint density at radius 3 is 2.56 bits per heavy atom. The molecule has 0 saturated carbocycles. The number of pyridine rings is 1. The normalized spacial score (nSPS) is 10.9. The van der Waals surface area contributed by atoms with Crippen LogP contribution in [0.4, 0.5) is 0 Å². The Morgan fingerprint density at radius 2 is 1.83 bits per heavy atom. The predicted octanol–water partition coefficient (Wildman–Crippen LogP) is 1.22. The predicted molar refractivity (Wildman–Crippen MR) is 69.6 cm³/mol. The molecular weight excluding hydrogens is 230 g/mol. The maximum Gasteiger partial charge on any atom is 0.274 e. The fourth-order valence-corrected chi connectivity index (χ4v) is 2.14. The number of nitrogens with zero attached hydrogens (tertiary/aromatic N) is 1. The van der Waals surface area contributed by atoms with E-state index >= 15 is 0 Å². The van der Waals surface area contributed by atoms with Gasteiger partial charge in [-0.15, -0.1) is 0 Å². The van der Waals surface area contributed by atoms with Gasteiger partial charge in [0.25, 0.3) is 5.56 Å².